The average Bonchev–Trinajstić information content (AvgIpc) is 3.13. The van der Waals surface area contributed by atoms with Crippen molar-refractivity contribution in [2.24, 2.45) is 0 Å². The quantitative estimate of drug-likeness (QED) is 0.698. The number of carbonyl (C=O) groups excluding carboxylic acids is 1. The maximum absolute atomic E-state index is 12.8. The summed E-state index contributed by atoms with van der Waals surface area (Å²) in [6.07, 6.45) is -2.41. The fourth-order valence-corrected chi connectivity index (χ4v) is 2.81. The first-order chi connectivity index (χ1) is 13.7. The number of hydrogen-bond donors (Lipinski definition) is 1. The molecule has 1 amide bonds. The second kappa shape index (κ2) is 7.75. The fraction of sp³-hybridized carbons (Fsp3) is 0.200. The Labute approximate surface area is 164 Å². The van der Waals surface area contributed by atoms with Crippen LogP contribution in [0.25, 0.3) is 5.82 Å². The molecule has 0 aliphatic heterocycles. The number of aromatic nitrogens is 3. The number of nitrogens with zero attached hydrogens (tertiary/aromatic N) is 4. The van der Waals surface area contributed by atoms with Gasteiger partial charge in [0.2, 0.25) is 0 Å². The molecule has 0 saturated carbocycles. The molecular formula is C20H16F3N5O. The van der Waals surface area contributed by atoms with E-state index in [0.717, 1.165) is 12.3 Å². The van der Waals surface area contributed by atoms with E-state index in [0.29, 0.717) is 16.9 Å². The van der Waals surface area contributed by atoms with Crippen LogP contribution in [0.1, 0.15) is 46.9 Å². The highest BCUT2D eigenvalue weighted by atomic mass is 19.4. The van der Waals surface area contributed by atoms with Gasteiger partial charge in [-0.2, -0.15) is 23.5 Å². The average molecular weight is 399 g/mol. The van der Waals surface area contributed by atoms with Crippen molar-refractivity contribution in [1.29, 1.82) is 5.26 Å². The Kier molecular flexibility index (Phi) is 5.37. The number of nitrogens with one attached hydrogen (secondary N) is 1. The number of anilines is 1. The lowest BCUT2D eigenvalue weighted by Crippen LogP contribution is -2.16. The molecule has 29 heavy (non-hydrogen) atoms. The summed E-state index contributed by atoms with van der Waals surface area (Å²) in [4.78, 5) is 16.6. The van der Waals surface area contributed by atoms with E-state index in [-0.39, 0.29) is 17.3 Å². The minimum Gasteiger partial charge on any atom is -0.322 e. The van der Waals surface area contributed by atoms with Gasteiger partial charge in [-0.3, -0.25) is 4.79 Å². The number of pyridine rings is 1. The number of alkyl halides is 3. The van der Waals surface area contributed by atoms with Gasteiger partial charge in [0.25, 0.3) is 5.91 Å². The molecule has 0 unspecified atom stereocenters. The molecule has 6 nitrogen and oxygen atoms in total. The molecule has 3 aromatic rings. The normalized spacial score (nSPS) is 11.3. The van der Waals surface area contributed by atoms with Gasteiger partial charge in [-0.15, -0.1) is 0 Å². The molecule has 1 N–H and O–H groups in total. The van der Waals surface area contributed by atoms with Gasteiger partial charge in [0.15, 0.2) is 5.82 Å². The first-order valence-corrected chi connectivity index (χ1v) is 8.63. The fourth-order valence-electron chi connectivity index (χ4n) is 2.81. The standard InChI is InChI=1S/C20H16F3N5O/c1-12(2)18-16(19(29)27-15-5-3-4-13(8-15)9-24)11-26-28(18)17-7-6-14(10-25-17)20(21,22)23/h3-8,10-12H,1-2H3,(H,27,29). The van der Waals surface area contributed by atoms with E-state index in [4.69, 9.17) is 5.26 Å². The number of rotatable bonds is 4. The topological polar surface area (TPSA) is 83.6 Å². The van der Waals surface area contributed by atoms with Gasteiger partial charge >= 0.3 is 6.18 Å². The SMILES string of the molecule is CC(C)c1c(C(=O)Nc2cccc(C#N)c2)cnn1-c1ccc(C(F)(F)F)cn1. The monoisotopic (exact) mass is 399 g/mol. The van der Waals surface area contributed by atoms with Crippen molar-refractivity contribution in [1.82, 2.24) is 14.8 Å². The van der Waals surface area contributed by atoms with Crippen LogP contribution in [0.2, 0.25) is 0 Å². The lowest BCUT2D eigenvalue weighted by atomic mass is 10.1. The van der Waals surface area contributed by atoms with Crippen LogP contribution in [0.15, 0.2) is 48.8 Å². The number of amides is 1. The van der Waals surface area contributed by atoms with Crippen molar-refractivity contribution < 1.29 is 18.0 Å². The molecule has 3 rings (SSSR count). The molecule has 0 aliphatic carbocycles. The summed E-state index contributed by atoms with van der Waals surface area (Å²) < 4.78 is 39.6. The molecular weight excluding hydrogens is 383 g/mol. The van der Waals surface area contributed by atoms with Crippen LogP contribution in [0.3, 0.4) is 0 Å². The Morgan fingerprint density at radius 2 is 1.97 bits per heavy atom. The highest BCUT2D eigenvalue weighted by Gasteiger charge is 2.31. The van der Waals surface area contributed by atoms with Crippen molar-refractivity contribution >= 4 is 11.6 Å². The van der Waals surface area contributed by atoms with Crippen LogP contribution < -0.4 is 5.32 Å². The Balaban J connectivity index is 1.94. The number of nitriles is 1. The van der Waals surface area contributed by atoms with Gasteiger partial charge in [0.1, 0.15) is 0 Å². The molecule has 0 atom stereocenters. The summed E-state index contributed by atoms with van der Waals surface area (Å²) in [5.74, 6) is -0.429. The summed E-state index contributed by atoms with van der Waals surface area (Å²) in [6, 6.07) is 10.6. The number of hydrogen-bond acceptors (Lipinski definition) is 4. The van der Waals surface area contributed by atoms with Crippen molar-refractivity contribution in [3.63, 3.8) is 0 Å². The van der Waals surface area contributed by atoms with E-state index in [9.17, 15) is 18.0 Å². The van der Waals surface area contributed by atoms with Gasteiger partial charge in [-0.25, -0.2) is 9.67 Å². The smallest absolute Gasteiger partial charge is 0.322 e. The Morgan fingerprint density at radius 3 is 2.55 bits per heavy atom. The molecule has 0 bridgehead atoms. The van der Waals surface area contributed by atoms with E-state index < -0.39 is 17.6 Å². The summed E-state index contributed by atoms with van der Waals surface area (Å²) >= 11 is 0. The van der Waals surface area contributed by atoms with Gasteiger partial charge in [0, 0.05) is 11.9 Å². The third-order valence-electron chi connectivity index (χ3n) is 4.14. The molecule has 1 aromatic carbocycles. The van der Waals surface area contributed by atoms with Crippen LogP contribution in [-0.4, -0.2) is 20.7 Å². The maximum Gasteiger partial charge on any atom is 0.417 e. The Hall–Kier alpha value is -3.67. The summed E-state index contributed by atoms with van der Waals surface area (Å²) in [5, 5.41) is 15.8. The van der Waals surface area contributed by atoms with Crippen LogP contribution in [0, 0.1) is 11.3 Å². The van der Waals surface area contributed by atoms with E-state index in [1.807, 2.05) is 19.9 Å². The number of benzene rings is 1. The number of halogens is 3. The second-order valence-corrected chi connectivity index (χ2v) is 6.56. The van der Waals surface area contributed by atoms with Gasteiger partial charge in [-0.05, 0) is 36.2 Å². The lowest BCUT2D eigenvalue weighted by Gasteiger charge is -2.13. The third-order valence-corrected chi connectivity index (χ3v) is 4.14. The first kappa shape index (κ1) is 20.1. The Bertz CT molecular complexity index is 1080. The first-order valence-electron chi connectivity index (χ1n) is 8.63. The van der Waals surface area contributed by atoms with Crippen LogP contribution in [0.5, 0.6) is 0 Å². The van der Waals surface area contributed by atoms with Crippen LogP contribution in [0.4, 0.5) is 18.9 Å². The molecule has 0 saturated heterocycles. The highest BCUT2D eigenvalue weighted by Crippen LogP contribution is 2.29. The van der Waals surface area contributed by atoms with Crippen molar-refractivity contribution in [2.45, 2.75) is 25.9 Å². The largest absolute Gasteiger partial charge is 0.417 e. The molecule has 148 valence electrons. The minimum atomic E-state index is -4.49. The second-order valence-electron chi connectivity index (χ2n) is 6.56. The minimum absolute atomic E-state index is 0.159. The predicted molar refractivity (Wildman–Crippen MR) is 99.6 cm³/mol. The molecule has 0 radical (unpaired) electrons. The third kappa shape index (κ3) is 4.27. The molecule has 0 aliphatic rings. The zero-order chi connectivity index (χ0) is 21.2. The molecule has 2 aromatic heterocycles. The van der Waals surface area contributed by atoms with Crippen molar-refractivity contribution in [3.05, 3.63) is 71.2 Å². The summed E-state index contributed by atoms with van der Waals surface area (Å²) in [5.41, 5.74) is 0.755. The summed E-state index contributed by atoms with van der Waals surface area (Å²) in [6.45, 7) is 3.68. The summed E-state index contributed by atoms with van der Waals surface area (Å²) in [7, 11) is 0. The number of carbonyl (C=O) groups is 1. The van der Waals surface area contributed by atoms with Crippen LogP contribution >= 0.6 is 0 Å². The van der Waals surface area contributed by atoms with Gasteiger partial charge < -0.3 is 5.32 Å². The molecule has 2 heterocycles. The van der Waals surface area contributed by atoms with Crippen molar-refractivity contribution in [3.8, 4) is 11.9 Å². The van der Waals surface area contributed by atoms with Crippen molar-refractivity contribution in [2.75, 3.05) is 5.32 Å². The van der Waals surface area contributed by atoms with E-state index in [1.165, 1.54) is 23.0 Å². The predicted octanol–water partition coefficient (Wildman–Crippen LogP) is 4.53. The molecule has 0 fully saturated rings. The van der Waals surface area contributed by atoms with E-state index in [1.54, 1.807) is 18.2 Å². The van der Waals surface area contributed by atoms with Gasteiger partial charge in [0.05, 0.1) is 34.7 Å². The highest BCUT2D eigenvalue weighted by molar-refractivity contribution is 6.05. The maximum atomic E-state index is 12.8. The van der Waals surface area contributed by atoms with Gasteiger partial charge in [-0.1, -0.05) is 19.9 Å². The molecule has 9 heteroatoms. The molecule has 0 spiro atoms. The lowest BCUT2D eigenvalue weighted by molar-refractivity contribution is -0.137. The van der Waals surface area contributed by atoms with E-state index in [2.05, 4.69) is 15.4 Å². The zero-order valence-corrected chi connectivity index (χ0v) is 15.5. The Morgan fingerprint density at radius 1 is 1.21 bits per heavy atom. The zero-order valence-electron chi connectivity index (χ0n) is 15.5. The van der Waals surface area contributed by atoms with Crippen LogP contribution in [-0.2, 0) is 6.18 Å². The van der Waals surface area contributed by atoms with E-state index >= 15 is 0 Å².